The van der Waals surface area contributed by atoms with Crippen LogP contribution in [0.3, 0.4) is 0 Å². The van der Waals surface area contributed by atoms with E-state index in [0.717, 1.165) is 41.3 Å². The van der Waals surface area contributed by atoms with Gasteiger partial charge in [-0.1, -0.05) is 32.0 Å². The van der Waals surface area contributed by atoms with Crippen molar-refractivity contribution < 1.29 is 32.2 Å². The zero-order chi connectivity index (χ0) is 22.3. The fourth-order valence-corrected chi connectivity index (χ4v) is 3.36. The highest BCUT2D eigenvalue weighted by Crippen LogP contribution is 2.32. The summed E-state index contributed by atoms with van der Waals surface area (Å²) in [4.78, 5) is 12.4. The molecule has 0 saturated carbocycles. The number of ether oxygens (including phenoxy) is 1. The van der Waals surface area contributed by atoms with Crippen molar-refractivity contribution in [2.45, 2.75) is 52.4 Å². The van der Waals surface area contributed by atoms with Crippen LogP contribution in [0.4, 0.5) is 23.2 Å². The Bertz CT molecular complexity index is 868. The Morgan fingerprint density at radius 2 is 1.87 bits per heavy atom. The largest absolute Gasteiger partial charge is 0.573 e. The minimum absolute atomic E-state index is 0.0438. The molecule has 1 aliphatic heterocycles. The van der Waals surface area contributed by atoms with Crippen molar-refractivity contribution in [3.05, 3.63) is 58.9 Å². The molecular weight excluding hydrogens is 402 g/mol. The molecule has 8 heteroatoms. The number of hydrogen-bond acceptors (Lipinski definition) is 3. The van der Waals surface area contributed by atoms with E-state index in [-0.39, 0.29) is 12.1 Å². The third-order valence-corrected chi connectivity index (χ3v) is 4.63. The number of alkyl halides is 3. The lowest BCUT2D eigenvalue weighted by Gasteiger charge is -2.24. The number of aliphatic carboxylic acids is 1. The summed E-state index contributed by atoms with van der Waals surface area (Å²) in [6.07, 6.45) is -2.95. The van der Waals surface area contributed by atoms with Gasteiger partial charge in [0.2, 0.25) is 0 Å². The quantitative estimate of drug-likeness (QED) is 0.620. The van der Waals surface area contributed by atoms with Crippen LogP contribution in [0.2, 0.25) is 0 Å². The minimum atomic E-state index is -4.84. The number of hydrogen-bond donors (Lipinski definition) is 1. The number of halogens is 4. The first-order chi connectivity index (χ1) is 14.2. The second kappa shape index (κ2) is 10.3. The van der Waals surface area contributed by atoms with Crippen LogP contribution in [0.25, 0.3) is 0 Å². The molecule has 1 heterocycles. The molecule has 0 aliphatic carbocycles. The molecule has 0 radical (unpaired) electrons. The molecule has 0 saturated heterocycles. The molecule has 0 fully saturated rings. The maximum absolute atomic E-state index is 14.3. The van der Waals surface area contributed by atoms with Gasteiger partial charge in [0.25, 0.3) is 0 Å². The van der Waals surface area contributed by atoms with Gasteiger partial charge in [-0.05, 0) is 48.1 Å². The Hall–Kier alpha value is -2.77. The molecule has 164 valence electrons. The van der Waals surface area contributed by atoms with Gasteiger partial charge in [0, 0.05) is 25.6 Å². The second-order valence-electron chi connectivity index (χ2n) is 6.68. The van der Waals surface area contributed by atoms with Crippen LogP contribution >= 0.6 is 0 Å². The van der Waals surface area contributed by atoms with Gasteiger partial charge in [-0.15, -0.1) is 13.2 Å². The predicted octanol–water partition coefficient (Wildman–Crippen LogP) is 5.72. The van der Waals surface area contributed by atoms with Gasteiger partial charge in [-0.3, -0.25) is 4.79 Å². The number of benzene rings is 2. The zero-order valence-corrected chi connectivity index (χ0v) is 16.9. The maximum Gasteiger partial charge on any atom is 0.573 e. The number of fused-ring (bicyclic) bond motifs is 1. The number of carbonyl (C=O) groups is 1. The third-order valence-electron chi connectivity index (χ3n) is 4.63. The normalized spacial score (nSPS) is 13.6. The van der Waals surface area contributed by atoms with E-state index in [2.05, 4.69) is 4.74 Å². The van der Waals surface area contributed by atoms with Gasteiger partial charge in [-0.2, -0.15) is 0 Å². The highest BCUT2D eigenvalue weighted by molar-refractivity contribution is 5.67. The first kappa shape index (κ1) is 23.5. The number of carboxylic acid groups (broad SMARTS) is 1. The molecule has 1 N–H and O–H groups in total. The summed E-state index contributed by atoms with van der Waals surface area (Å²) in [5.74, 6) is -1.94. The summed E-state index contributed by atoms with van der Waals surface area (Å²) in [5.41, 5.74) is 2.97. The van der Waals surface area contributed by atoms with Crippen LogP contribution in [-0.4, -0.2) is 24.0 Å². The van der Waals surface area contributed by atoms with Gasteiger partial charge in [0.15, 0.2) is 0 Å². The molecule has 0 amide bonds. The third kappa shape index (κ3) is 6.64. The number of aryl methyl sites for hydroxylation is 2. The van der Waals surface area contributed by atoms with Gasteiger partial charge < -0.3 is 14.7 Å². The molecule has 0 aromatic heterocycles. The Morgan fingerprint density at radius 3 is 2.53 bits per heavy atom. The Kier molecular flexibility index (Phi) is 8.08. The predicted molar refractivity (Wildman–Crippen MR) is 106 cm³/mol. The van der Waals surface area contributed by atoms with Crippen LogP contribution < -0.4 is 9.64 Å². The lowest BCUT2D eigenvalue weighted by atomic mass is 9.99. The number of nitrogens with zero attached hydrogens (tertiary/aromatic N) is 1. The van der Waals surface area contributed by atoms with Crippen LogP contribution in [0.5, 0.6) is 5.75 Å². The molecule has 3 rings (SSSR count). The van der Waals surface area contributed by atoms with Crippen LogP contribution in [-0.2, 0) is 24.2 Å². The van der Waals surface area contributed by atoms with E-state index in [0.29, 0.717) is 25.9 Å². The molecule has 0 spiro atoms. The van der Waals surface area contributed by atoms with E-state index >= 15 is 0 Å². The summed E-state index contributed by atoms with van der Waals surface area (Å²) in [7, 11) is 0. The SMILES string of the molecule is CC.O=C(O)CCc1ccc2c(c1)CCCN(c1cc(OC(F)(F)F)ccc1F)C2. The first-order valence-electron chi connectivity index (χ1n) is 9.84. The number of anilines is 1. The summed E-state index contributed by atoms with van der Waals surface area (Å²) in [5, 5.41) is 8.82. The molecule has 0 unspecified atom stereocenters. The van der Waals surface area contributed by atoms with Gasteiger partial charge in [-0.25, -0.2) is 4.39 Å². The minimum Gasteiger partial charge on any atom is -0.481 e. The second-order valence-corrected chi connectivity index (χ2v) is 6.68. The molecule has 1 aliphatic rings. The van der Waals surface area contributed by atoms with E-state index in [9.17, 15) is 22.4 Å². The summed E-state index contributed by atoms with van der Waals surface area (Å²) < 4.78 is 55.6. The highest BCUT2D eigenvalue weighted by Gasteiger charge is 2.31. The Balaban J connectivity index is 0.00000155. The average molecular weight is 427 g/mol. The summed E-state index contributed by atoms with van der Waals surface area (Å²) in [6, 6.07) is 8.66. The smallest absolute Gasteiger partial charge is 0.481 e. The lowest BCUT2D eigenvalue weighted by molar-refractivity contribution is -0.274. The van der Waals surface area contributed by atoms with E-state index in [1.54, 1.807) is 4.90 Å². The number of carboxylic acids is 1. The van der Waals surface area contributed by atoms with Crippen LogP contribution in [0.1, 0.15) is 43.4 Å². The van der Waals surface area contributed by atoms with E-state index in [1.165, 1.54) is 0 Å². The lowest BCUT2D eigenvalue weighted by Crippen LogP contribution is -2.24. The van der Waals surface area contributed by atoms with Gasteiger partial charge in [0.1, 0.15) is 11.6 Å². The topological polar surface area (TPSA) is 49.8 Å². The van der Waals surface area contributed by atoms with Crippen molar-refractivity contribution in [1.82, 2.24) is 0 Å². The molecule has 2 aromatic rings. The monoisotopic (exact) mass is 427 g/mol. The molecule has 2 aromatic carbocycles. The van der Waals surface area contributed by atoms with Crippen molar-refractivity contribution in [2.24, 2.45) is 0 Å². The molecule has 0 bridgehead atoms. The number of rotatable bonds is 5. The Labute approximate surface area is 173 Å². The molecule has 30 heavy (non-hydrogen) atoms. The first-order valence-corrected chi connectivity index (χ1v) is 9.84. The van der Waals surface area contributed by atoms with Crippen LogP contribution in [0, 0.1) is 5.82 Å². The van der Waals surface area contributed by atoms with Crippen molar-refractivity contribution in [3.8, 4) is 5.75 Å². The van der Waals surface area contributed by atoms with E-state index in [4.69, 9.17) is 5.11 Å². The Morgan fingerprint density at radius 1 is 1.13 bits per heavy atom. The van der Waals surface area contributed by atoms with Crippen molar-refractivity contribution in [3.63, 3.8) is 0 Å². The molecule has 4 nitrogen and oxygen atoms in total. The summed E-state index contributed by atoms with van der Waals surface area (Å²) in [6.45, 7) is 4.83. The highest BCUT2D eigenvalue weighted by atomic mass is 19.4. The molecular formula is C22H25F4NO3. The fraction of sp³-hybridized carbons (Fsp3) is 0.409. The van der Waals surface area contributed by atoms with Crippen molar-refractivity contribution in [2.75, 3.05) is 11.4 Å². The van der Waals surface area contributed by atoms with Crippen molar-refractivity contribution in [1.29, 1.82) is 0 Å². The standard InChI is InChI=1S/C20H19F4NO3.C2H6/c21-17-7-6-16(28-20(22,23)24)11-18(17)25-9-1-2-14-10-13(4-8-19(26)27)3-5-15(14)12-25;1-2/h3,5-7,10-11H,1-2,4,8-9,12H2,(H,26,27);1-2H3. The van der Waals surface area contributed by atoms with Gasteiger partial charge in [0.05, 0.1) is 5.69 Å². The average Bonchev–Trinajstić information content (AvgIpc) is 2.90. The van der Waals surface area contributed by atoms with Crippen molar-refractivity contribution >= 4 is 11.7 Å². The van der Waals surface area contributed by atoms with E-state index < -0.39 is 23.9 Å². The van der Waals surface area contributed by atoms with Crippen LogP contribution in [0.15, 0.2) is 36.4 Å². The molecule has 0 atom stereocenters. The zero-order valence-electron chi connectivity index (χ0n) is 16.9. The fourth-order valence-electron chi connectivity index (χ4n) is 3.36. The summed E-state index contributed by atoms with van der Waals surface area (Å²) >= 11 is 0. The maximum atomic E-state index is 14.3. The van der Waals surface area contributed by atoms with Gasteiger partial charge >= 0.3 is 12.3 Å². The van der Waals surface area contributed by atoms with E-state index in [1.807, 2.05) is 32.0 Å².